The number of aliphatic hydroxyl groups is 1. The Labute approximate surface area is 443 Å². The Hall–Kier alpha value is -5.25. The summed E-state index contributed by atoms with van der Waals surface area (Å²) in [5, 5.41) is 17.0. The Bertz CT molecular complexity index is 2640. The van der Waals surface area contributed by atoms with E-state index in [1.54, 1.807) is 82.3 Å². The van der Waals surface area contributed by atoms with Crippen LogP contribution in [0.25, 0.3) is 0 Å². The van der Waals surface area contributed by atoms with Crippen LogP contribution in [0.1, 0.15) is 128 Å². The molecule has 2 aromatic carbocycles. The molecule has 75 heavy (non-hydrogen) atoms. The van der Waals surface area contributed by atoms with E-state index in [9.17, 15) is 24.3 Å². The summed E-state index contributed by atoms with van der Waals surface area (Å²) in [7, 11) is -5.60. The van der Waals surface area contributed by atoms with E-state index < -0.39 is 134 Å². The van der Waals surface area contributed by atoms with E-state index in [0.717, 1.165) is 0 Å². The third-order valence-electron chi connectivity index (χ3n) is 17.7. The van der Waals surface area contributed by atoms with E-state index in [2.05, 4.69) is 5.32 Å². The fourth-order valence-electron chi connectivity index (χ4n) is 12.0. The molecular formula is C57H77NO15Si2. The molecule has 2 saturated carbocycles. The molecule has 18 heteroatoms. The van der Waals surface area contributed by atoms with Crippen molar-refractivity contribution in [2.24, 2.45) is 16.7 Å². The SMILES string of the molecule is CC[Si](CC)(CC)O[C@H]1C[C@H]2OC[C@@]2(OC(C)=O)[C@H]2[C@H](OC(=O)c3ccco3)[C@]3(O)C[C@H](OC(=O)[C@H](O[Si](C)(C)C(C)(C)C)[C@@H](NC(=O)c4ccccc4)c4ccccc4)C(C)=C([C@@H](OC(C)=O)C(=O)[C@]12C)C3(C)C. The van der Waals surface area contributed by atoms with Gasteiger partial charge in [-0.1, -0.05) is 104 Å². The van der Waals surface area contributed by atoms with Crippen LogP contribution in [0.3, 0.4) is 0 Å². The predicted molar refractivity (Wildman–Crippen MR) is 282 cm³/mol. The quantitative estimate of drug-likeness (QED) is 0.0558. The van der Waals surface area contributed by atoms with Gasteiger partial charge in [0.05, 0.1) is 36.3 Å². The number of Topliss-reactive ketones (excluding diaryl/α,β-unsaturated/α-hetero) is 1. The molecule has 1 amide bonds. The average Bonchev–Trinajstić information content (AvgIpc) is 3.90. The zero-order chi connectivity index (χ0) is 55.3. The van der Waals surface area contributed by atoms with Crippen molar-refractivity contribution in [1.82, 2.24) is 5.32 Å². The third-order valence-corrected chi connectivity index (χ3v) is 26.8. The molecule has 16 nitrogen and oxygen atoms in total. The summed E-state index contributed by atoms with van der Waals surface area (Å²) < 4.78 is 52.3. The number of benzene rings is 2. The minimum atomic E-state index is -2.94. The van der Waals surface area contributed by atoms with Gasteiger partial charge in [-0.2, -0.15) is 0 Å². The van der Waals surface area contributed by atoms with Crippen LogP contribution in [0.4, 0.5) is 0 Å². The molecule has 1 aromatic heterocycles. The summed E-state index contributed by atoms with van der Waals surface area (Å²) in [6, 6.07) is 21.3. The first-order chi connectivity index (χ1) is 35.1. The molecule has 0 spiro atoms. The summed E-state index contributed by atoms with van der Waals surface area (Å²) in [6.45, 7) is 24.9. The minimum Gasteiger partial charge on any atom is -0.457 e. The Morgan fingerprint density at radius 2 is 1.47 bits per heavy atom. The van der Waals surface area contributed by atoms with Crippen LogP contribution in [0.5, 0.6) is 0 Å². The molecule has 11 atom stereocenters. The van der Waals surface area contributed by atoms with Crippen LogP contribution in [0, 0.1) is 16.7 Å². The first-order valence-corrected chi connectivity index (χ1v) is 31.7. The van der Waals surface area contributed by atoms with E-state index in [0.29, 0.717) is 34.8 Å². The second-order valence-corrected chi connectivity index (χ2v) is 32.6. The number of carbonyl (C=O) groups excluding carboxylic acids is 6. The molecule has 0 unspecified atom stereocenters. The fraction of sp³-hybridized carbons (Fsp3) is 0.579. The van der Waals surface area contributed by atoms with Gasteiger partial charge in [0, 0.05) is 37.7 Å². The highest BCUT2D eigenvalue weighted by Crippen LogP contribution is 2.65. The van der Waals surface area contributed by atoms with Gasteiger partial charge in [0.15, 0.2) is 40.2 Å². The first-order valence-electron chi connectivity index (χ1n) is 26.3. The van der Waals surface area contributed by atoms with Crippen molar-refractivity contribution in [3.05, 3.63) is 107 Å². The van der Waals surface area contributed by atoms with Gasteiger partial charge in [-0.25, -0.2) is 9.59 Å². The molecular weight excluding hydrogens is 995 g/mol. The largest absolute Gasteiger partial charge is 0.457 e. The van der Waals surface area contributed by atoms with Gasteiger partial charge in [0.2, 0.25) is 5.76 Å². The Morgan fingerprint density at radius 3 is 1.99 bits per heavy atom. The number of fused-ring (bicyclic) bond motifs is 5. The van der Waals surface area contributed by atoms with Crippen LogP contribution < -0.4 is 5.32 Å². The molecule has 7 rings (SSSR count). The highest BCUT2D eigenvalue weighted by molar-refractivity contribution is 6.74. The number of rotatable bonds is 17. The van der Waals surface area contributed by atoms with Crippen molar-refractivity contribution in [3.63, 3.8) is 0 Å². The lowest BCUT2D eigenvalue weighted by Gasteiger charge is -2.68. The van der Waals surface area contributed by atoms with Gasteiger partial charge in [0.25, 0.3) is 5.91 Å². The van der Waals surface area contributed by atoms with Crippen LogP contribution in [0.2, 0.25) is 36.3 Å². The van der Waals surface area contributed by atoms with Gasteiger partial charge < -0.3 is 47.4 Å². The van der Waals surface area contributed by atoms with Crippen molar-refractivity contribution in [2.45, 2.75) is 186 Å². The van der Waals surface area contributed by atoms with Crippen LogP contribution in [-0.2, 0) is 51.7 Å². The number of ether oxygens (including phenoxy) is 5. The number of nitrogens with one attached hydrogen (secondary N) is 1. The van der Waals surface area contributed by atoms with Crippen molar-refractivity contribution in [1.29, 1.82) is 0 Å². The normalized spacial score (nSPS) is 29.2. The standard InChI is InChI=1S/C57H77NO15Si2/c1-15-75(16-2,17-3)72-41-31-42-56(33-67-42,71-36(6)60)47-49(70-51(63)39-29-24-30-66-39)57(65)32-40(34(4)43(54(57,10)11)45(68-35(5)59)48(61)55(41,47)12)69-52(64)46(73-74(13,14)53(7,8)9)44(37-25-20-18-21-26-37)58-50(62)38-27-22-19-23-28-38/h18-30,40-42,44-47,49,65H,15-17,31-33H2,1-14H3,(H,58,62)/t40-,41-,42+,44-,45+,46+,47-,49-,55+,56-,57+/m0/s1. The van der Waals surface area contributed by atoms with Gasteiger partial charge >= 0.3 is 23.9 Å². The maximum Gasteiger partial charge on any atom is 0.374 e. The van der Waals surface area contributed by atoms with Crippen LogP contribution in [0.15, 0.2) is 94.6 Å². The highest BCUT2D eigenvalue weighted by Gasteiger charge is 2.79. The number of hydrogen-bond acceptors (Lipinski definition) is 15. The number of amides is 1. The number of hydrogen-bond donors (Lipinski definition) is 2. The Morgan fingerprint density at radius 1 is 0.853 bits per heavy atom. The summed E-state index contributed by atoms with van der Waals surface area (Å²) in [5.41, 5.74) is -6.29. The van der Waals surface area contributed by atoms with Crippen molar-refractivity contribution in [2.75, 3.05) is 6.61 Å². The van der Waals surface area contributed by atoms with E-state index in [1.165, 1.54) is 32.2 Å². The van der Waals surface area contributed by atoms with E-state index >= 15 is 9.59 Å². The van der Waals surface area contributed by atoms with E-state index in [4.69, 9.17) is 37.0 Å². The number of ketones is 1. The second kappa shape index (κ2) is 21.3. The molecule has 2 heterocycles. The summed E-state index contributed by atoms with van der Waals surface area (Å²) in [5.74, 6) is -6.24. The predicted octanol–water partition coefficient (Wildman–Crippen LogP) is 9.39. The van der Waals surface area contributed by atoms with Gasteiger partial charge in [-0.3, -0.25) is 19.2 Å². The molecule has 3 aliphatic carbocycles. The minimum absolute atomic E-state index is 0.0749. The molecule has 1 saturated heterocycles. The Kier molecular flexibility index (Phi) is 16.3. The lowest BCUT2D eigenvalue weighted by Crippen LogP contribution is -2.82. The highest BCUT2D eigenvalue weighted by atomic mass is 28.4. The monoisotopic (exact) mass is 1070 g/mol. The third kappa shape index (κ3) is 10.3. The molecule has 3 fully saturated rings. The molecule has 4 aliphatic rings. The molecule has 408 valence electrons. The van der Waals surface area contributed by atoms with Gasteiger partial charge in [0.1, 0.15) is 23.9 Å². The number of furan rings is 1. The topological polar surface area (TPSA) is 212 Å². The average molecular weight is 1070 g/mol. The summed E-state index contributed by atoms with van der Waals surface area (Å²) in [6.07, 6.45) is -7.42. The summed E-state index contributed by atoms with van der Waals surface area (Å²) in [4.78, 5) is 88.2. The smallest absolute Gasteiger partial charge is 0.374 e. The van der Waals surface area contributed by atoms with Gasteiger partial charge in [-0.05, 0) is 91.1 Å². The summed E-state index contributed by atoms with van der Waals surface area (Å²) >= 11 is 0. The van der Waals surface area contributed by atoms with E-state index in [-0.39, 0.29) is 24.4 Å². The number of esters is 4. The first kappa shape index (κ1) is 57.5. The van der Waals surface area contributed by atoms with E-state index in [1.807, 2.05) is 60.7 Å². The van der Waals surface area contributed by atoms with Crippen LogP contribution >= 0.6 is 0 Å². The maximum atomic E-state index is 16.5. The fourth-order valence-corrected chi connectivity index (χ4v) is 16.2. The molecule has 2 N–H and O–H groups in total. The second-order valence-electron chi connectivity index (χ2n) is 23.2. The molecule has 1 aliphatic heterocycles. The molecule has 0 radical (unpaired) electrons. The molecule has 3 aromatic rings. The lowest BCUT2D eigenvalue weighted by molar-refractivity contribution is -0.344. The zero-order valence-corrected chi connectivity index (χ0v) is 48.0. The van der Waals surface area contributed by atoms with Crippen LogP contribution in [-0.4, -0.2) is 112 Å². The molecule has 2 bridgehead atoms. The maximum absolute atomic E-state index is 16.5. The van der Waals surface area contributed by atoms with Crippen molar-refractivity contribution >= 4 is 52.2 Å². The zero-order valence-electron chi connectivity index (χ0n) is 46.0. The Balaban J connectivity index is 1.48. The number of carbonyl (C=O) groups is 6. The van der Waals surface area contributed by atoms with Gasteiger partial charge in [-0.15, -0.1) is 0 Å². The van der Waals surface area contributed by atoms with Crippen molar-refractivity contribution in [3.8, 4) is 0 Å². The lowest BCUT2D eigenvalue weighted by atomic mass is 9.44. The van der Waals surface area contributed by atoms with Crippen molar-refractivity contribution < 1.29 is 70.8 Å².